The number of hydrogen-bond acceptors (Lipinski definition) is 7. The molecule has 4 heterocycles. The topological polar surface area (TPSA) is 104 Å². The van der Waals surface area contributed by atoms with Crippen molar-refractivity contribution in [3.63, 3.8) is 0 Å². The number of carbonyl (C=O) groups excluding carboxylic acids is 1. The maximum atomic E-state index is 12.9. The van der Waals surface area contributed by atoms with Crippen LogP contribution in [0.5, 0.6) is 5.19 Å². The van der Waals surface area contributed by atoms with Crippen molar-refractivity contribution < 1.29 is 9.53 Å². The van der Waals surface area contributed by atoms with Crippen LogP contribution in [0.25, 0.3) is 21.4 Å². The maximum absolute atomic E-state index is 12.9. The van der Waals surface area contributed by atoms with E-state index in [2.05, 4.69) is 9.97 Å². The number of ether oxygens (including phenoxy) is 1. The fourth-order valence-electron chi connectivity index (χ4n) is 4.03. The van der Waals surface area contributed by atoms with Gasteiger partial charge in [-0.25, -0.2) is 14.8 Å². The molecule has 1 amide bonds. The molecule has 1 aromatic carbocycles. The molecule has 0 saturated carbocycles. The van der Waals surface area contributed by atoms with Crippen molar-refractivity contribution in [3.8, 4) is 5.19 Å². The zero-order valence-electron chi connectivity index (χ0n) is 17.7. The minimum atomic E-state index is -0.462. The molecule has 0 radical (unpaired) electrons. The molecule has 32 heavy (non-hydrogen) atoms. The van der Waals surface area contributed by atoms with E-state index >= 15 is 0 Å². The third kappa shape index (κ3) is 3.48. The van der Waals surface area contributed by atoms with Crippen LogP contribution >= 0.6 is 11.3 Å². The zero-order valence-corrected chi connectivity index (χ0v) is 18.5. The lowest BCUT2D eigenvalue weighted by atomic mass is 10.1. The number of nitrogens with zero attached hydrogens (tertiary/aromatic N) is 6. The lowest BCUT2D eigenvalue weighted by molar-refractivity contribution is -0.133. The van der Waals surface area contributed by atoms with Gasteiger partial charge in [0.15, 0.2) is 11.2 Å². The Bertz CT molecular complexity index is 1410. The van der Waals surface area contributed by atoms with Gasteiger partial charge in [-0.15, -0.1) is 0 Å². The molecule has 1 fully saturated rings. The number of hydrogen-bond donors (Lipinski definition) is 0. The van der Waals surface area contributed by atoms with Crippen molar-refractivity contribution in [3.05, 3.63) is 51.4 Å². The van der Waals surface area contributed by atoms with Crippen LogP contribution in [-0.4, -0.2) is 53.7 Å². The Hall–Kier alpha value is -3.47. The Morgan fingerprint density at radius 3 is 2.66 bits per heavy atom. The van der Waals surface area contributed by atoms with Gasteiger partial charge in [-0.05, 0) is 12.1 Å². The summed E-state index contributed by atoms with van der Waals surface area (Å²) in [4.78, 5) is 48.0. The fourth-order valence-corrected chi connectivity index (χ4v) is 4.91. The second-order valence-corrected chi connectivity index (χ2v) is 8.89. The van der Waals surface area contributed by atoms with Gasteiger partial charge in [0.05, 0.1) is 16.5 Å². The number of carbonyl (C=O) groups is 1. The molecule has 0 bridgehead atoms. The van der Waals surface area contributed by atoms with E-state index < -0.39 is 11.2 Å². The van der Waals surface area contributed by atoms with E-state index in [1.54, 1.807) is 11.9 Å². The fraction of sp³-hybridized carbons (Fsp3) is 0.381. The smallest absolute Gasteiger partial charge is 0.332 e. The molecule has 1 saturated heterocycles. The second-order valence-electron chi connectivity index (χ2n) is 7.90. The summed E-state index contributed by atoms with van der Waals surface area (Å²) in [5.41, 5.74) is 0.535. The van der Waals surface area contributed by atoms with Gasteiger partial charge < -0.3 is 14.2 Å². The first-order valence-electron chi connectivity index (χ1n) is 10.3. The van der Waals surface area contributed by atoms with Gasteiger partial charge in [0.25, 0.3) is 10.8 Å². The van der Waals surface area contributed by atoms with Crippen LogP contribution in [0, 0.1) is 0 Å². The third-order valence-electron chi connectivity index (χ3n) is 5.86. The standard InChI is InChI=1S/C21H22N6O4S/c1-24-18-17(19(29)25(2)21(24)30)27(12-22-18)11-16(28)26-9-7-13(8-10-26)31-20-23-14-5-3-4-6-15(14)32-20/h3-6,12-13H,7-11H2,1-2H3. The normalized spacial score (nSPS) is 15.0. The number of benzene rings is 1. The summed E-state index contributed by atoms with van der Waals surface area (Å²) in [6, 6.07) is 7.92. The van der Waals surface area contributed by atoms with Crippen molar-refractivity contribution in [1.82, 2.24) is 28.6 Å². The second kappa shape index (κ2) is 7.90. The Morgan fingerprint density at radius 2 is 1.91 bits per heavy atom. The Balaban J connectivity index is 1.25. The SMILES string of the molecule is Cn1c(=O)c2c(ncn2CC(=O)N2CCC(Oc3nc4ccccc4s3)CC2)n(C)c1=O. The predicted octanol–water partition coefficient (Wildman–Crippen LogP) is 1.11. The van der Waals surface area contributed by atoms with Crippen LogP contribution in [0.1, 0.15) is 12.8 Å². The van der Waals surface area contributed by atoms with Crippen LogP contribution in [0.15, 0.2) is 40.2 Å². The molecule has 11 heteroatoms. The van der Waals surface area contributed by atoms with Crippen molar-refractivity contribution in [2.45, 2.75) is 25.5 Å². The average molecular weight is 455 g/mol. The Kier molecular flexibility index (Phi) is 5.04. The molecule has 0 atom stereocenters. The number of imidazole rings is 1. The number of likely N-dealkylation sites (tertiary alicyclic amines) is 1. The van der Waals surface area contributed by atoms with Crippen molar-refractivity contribution in [2.24, 2.45) is 14.1 Å². The molecular weight excluding hydrogens is 432 g/mol. The van der Waals surface area contributed by atoms with E-state index in [0.29, 0.717) is 31.1 Å². The summed E-state index contributed by atoms with van der Waals surface area (Å²) in [5, 5.41) is 0.655. The molecule has 0 unspecified atom stereocenters. The largest absolute Gasteiger partial charge is 0.467 e. The summed E-state index contributed by atoms with van der Waals surface area (Å²) in [6.07, 6.45) is 2.87. The molecular formula is C21H22N6O4S. The van der Waals surface area contributed by atoms with Crippen molar-refractivity contribution in [2.75, 3.05) is 13.1 Å². The number of fused-ring (bicyclic) bond motifs is 2. The van der Waals surface area contributed by atoms with E-state index in [4.69, 9.17) is 4.74 Å². The molecule has 1 aliphatic heterocycles. The van der Waals surface area contributed by atoms with Gasteiger partial charge >= 0.3 is 5.69 Å². The van der Waals surface area contributed by atoms with E-state index in [0.717, 1.165) is 14.8 Å². The van der Waals surface area contributed by atoms with Crippen LogP contribution in [0.2, 0.25) is 0 Å². The van der Waals surface area contributed by atoms with Gasteiger partial charge in [0.2, 0.25) is 5.91 Å². The molecule has 166 valence electrons. The number of para-hydroxylation sites is 1. The van der Waals surface area contributed by atoms with Crippen molar-refractivity contribution in [1.29, 1.82) is 0 Å². The van der Waals surface area contributed by atoms with E-state index in [-0.39, 0.29) is 29.7 Å². The first-order chi connectivity index (χ1) is 15.4. The molecule has 0 N–H and O–H groups in total. The highest BCUT2D eigenvalue weighted by Crippen LogP contribution is 2.29. The molecule has 0 spiro atoms. The number of rotatable bonds is 4. The Labute approximate surface area is 186 Å². The molecule has 0 aliphatic carbocycles. The first-order valence-corrected chi connectivity index (χ1v) is 11.1. The van der Waals surface area contributed by atoms with Crippen LogP contribution in [0.3, 0.4) is 0 Å². The number of aryl methyl sites for hydroxylation is 1. The van der Waals surface area contributed by atoms with Crippen LogP contribution in [0.4, 0.5) is 0 Å². The monoisotopic (exact) mass is 454 g/mol. The van der Waals surface area contributed by atoms with Gasteiger partial charge in [0.1, 0.15) is 12.6 Å². The lowest BCUT2D eigenvalue weighted by Gasteiger charge is -2.31. The van der Waals surface area contributed by atoms with Gasteiger partial charge in [-0.3, -0.25) is 18.7 Å². The number of aromatic nitrogens is 5. The summed E-state index contributed by atoms with van der Waals surface area (Å²) < 4.78 is 11.0. The van der Waals surface area contributed by atoms with Gasteiger partial charge in [-0.2, -0.15) is 0 Å². The molecule has 1 aliphatic rings. The highest BCUT2D eigenvalue weighted by Gasteiger charge is 2.26. The third-order valence-corrected chi connectivity index (χ3v) is 6.79. The number of thiazole rings is 1. The number of amides is 1. The molecule has 3 aromatic heterocycles. The van der Waals surface area contributed by atoms with E-state index in [1.807, 2.05) is 24.3 Å². The average Bonchev–Trinajstić information content (AvgIpc) is 3.40. The van der Waals surface area contributed by atoms with Crippen molar-refractivity contribution >= 4 is 38.6 Å². The highest BCUT2D eigenvalue weighted by atomic mass is 32.1. The lowest BCUT2D eigenvalue weighted by Crippen LogP contribution is -2.43. The van der Waals surface area contributed by atoms with Gasteiger partial charge in [-0.1, -0.05) is 23.5 Å². The Morgan fingerprint density at radius 1 is 1.16 bits per heavy atom. The predicted molar refractivity (Wildman–Crippen MR) is 120 cm³/mol. The minimum absolute atomic E-state index is 0.00661. The molecule has 10 nitrogen and oxygen atoms in total. The molecule has 5 rings (SSSR count). The first kappa shape index (κ1) is 20.4. The highest BCUT2D eigenvalue weighted by molar-refractivity contribution is 7.20. The number of piperidine rings is 1. The molecule has 4 aromatic rings. The quantitative estimate of drug-likeness (QED) is 0.458. The summed E-state index contributed by atoms with van der Waals surface area (Å²) in [7, 11) is 2.97. The summed E-state index contributed by atoms with van der Waals surface area (Å²) >= 11 is 1.53. The summed E-state index contributed by atoms with van der Waals surface area (Å²) in [6.45, 7) is 1.13. The van der Waals surface area contributed by atoms with Gasteiger partial charge in [0, 0.05) is 40.0 Å². The maximum Gasteiger partial charge on any atom is 0.332 e. The minimum Gasteiger partial charge on any atom is -0.467 e. The van der Waals surface area contributed by atoms with Crippen LogP contribution in [-0.2, 0) is 25.4 Å². The zero-order chi connectivity index (χ0) is 22.4. The van der Waals surface area contributed by atoms with E-state index in [1.165, 1.54) is 33.8 Å². The summed E-state index contributed by atoms with van der Waals surface area (Å²) in [5.74, 6) is -0.0985. The van der Waals surface area contributed by atoms with E-state index in [9.17, 15) is 14.4 Å². The van der Waals surface area contributed by atoms with Crippen LogP contribution < -0.4 is 16.0 Å².